The predicted molar refractivity (Wildman–Crippen MR) is 53.1 cm³/mol. The maximum atomic E-state index is 12.9. The van der Waals surface area contributed by atoms with Crippen molar-refractivity contribution >= 4 is 5.69 Å². The number of rotatable bonds is 1. The molecule has 0 bridgehead atoms. The second kappa shape index (κ2) is 3.46. The molecule has 14 heavy (non-hydrogen) atoms. The normalized spacial score (nSPS) is 20.2. The third-order valence-electron chi connectivity index (χ3n) is 2.37. The third-order valence-corrected chi connectivity index (χ3v) is 2.37. The Morgan fingerprint density at radius 2 is 2.43 bits per heavy atom. The topological polar surface area (TPSA) is 38.5 Å². The second-order valence-corrected chi connectivity index (χ2v) is 3.47. The number of ether oxygens (including phenoxy) is 1. The molecule has 0 amide bonds. The van der Waals surface area contributed by atoms with E-state index in [4.69, 9.17) is 10.5 Å². The van der Waals surface area contributed by atoms with Gasteiger partial charge in [0, 0.05) is 19.7 Å². The first kappa shape index (κ1) is 9.27. The fraction of sp³-hybridized carbons (Fsp3) is 0.400. The highest BCUT2D eigenvalue weighted by Gasteiger charge is 2.22. The van der Waals surface area contributed by atoms with Crippen LogP contribution in [-0.2, 0) is 0 Å². The molecule has 2 rings (SSSR count). The van der Waals surface area contributed by atoms with Gasteiger partial charge < -0.3 is 15.4 Å². The van der Waals surface area contributed by atoms with Crippen LogP contribution in [0.4, 0.5) is 10.1 Å². The lowest BCUT2D eigenvalue weighted by atomic mass is 10.2. The summed E-state index contributed by atoms with van der Waals surface area (Å²) < 4.78 is 18.5. The Hall–Kier alpha value is -1.29. The minimum Gasteiger partial charge on any atom is -0.485 e. The molecular weight excluding hydrogens is 183 g/mol. The molecule has 1 unspecified atom stereocenters. The SMILES string of the molecule is CN1CC(CN)Oc2ccc(F)cc21. The van der Waals surface area contributed by atoms with Gasteiger partial charge in [-0.25, -0.2) is 4.39 Å². The molecule has 1 aromatic rings. The van der Waals surface area contributed by atoms with Crippen molar-refractivity contribution in [2.24, 2.45) is 5.73 Å². The van der Waals surface area contributed by atoms with E-state index in [-0.39, 0.29) is 11.9 Å². The van der Waals surface area contributed by atoms with Crippen LogP contribution >= 0.6 is 0 Å². The van der Waals surface area contributed by atoms with Crippen LogP contribution in [0.3, 0.4) is 0 Å². The molecule has 0 radical (unpaired) electrons. The third kappa shape index (κ3) is 1.53. The van der Waals surface area contributed by atoms with E-state index in [9.17, 15) is 4.39 Å². The van der Waals surface area contributed by atoms with E-state index in [2.05, 4.69) is 0 Å². The first-order chi connectivity index (χ1) is 6.70. The van der Waals surface area contributed by atoms with Gasteiger partial charge in [-0.15, -0.1) is 0 Å². The highest BCUT2D eigenvalue weighted by molar-refractivity contribution is 5.59. The van der Waals surface area contributed by atoms with Crippen molar-refractivity contribution in [2.75, 3.05) is 25.0 Å². The molecule has 1 heterocycles. The van der Waals surface area contributed by atoms with Crippen LogP contribution in [-0.4, -0.2) is 26.2 Å². The molecular formula is C10H13FN2O. The van der Waals surface area contributed by atoms with E-state index < -0.39 is 0 Å². The molecule has 76 valence electrons. The zero-order valence-electron chi connectivity index (χ0n) is 8.03. The Morgan fingerprint density at radius 1 is 1.64 bits per heavy atom. The smallest absolute Gasteiger partial charge is 0.143 e. The van der Waals surface area contributed by atoms with Crippen LogP contribution in [0.1, 0.15) is 0 Å². The summed E-state index contributed by atoms with van der Waals surface area (Å²) in [7, 11) is 1.91. The minimum atomic E-state index is -0.245. The molecule has 0 saturated carbocycles. The lowest BCUT2D eigenvalue weighted by Gasteiger charge is -2.33. The van der Waals surface area contributed by atoms with Gasteiger partial charge in [0.2, 0.25) is 0 Å². The first-order valence-electron chi connectivity index (χ1n) is 4.58. The number of nitrogens with zero attached hydrogens (tertiary/aromatic N) is 1. The lowest BCUT2D eigenvalue weighted by Crippen LogP contribution is -2.42. The highest BCUT2D eigenvalue weighted by atomic mass is 19.1. The summed E-state index contributed by atoms with van der Waals surface area (Å²) in [6, 6.07) is 4.51. The van der Waals surface area contributed by atoms with Crippen molar-refractivity contribution in [1.82, 2.24) is 0 Å². The molecule has 0 saturated heterocycles. The molecule has 1 aliphatic rings. The summed E-state index contributed by atoms with van der Waals surface area (Å²) in [6.45, 7) is 1.17. The molecule has 2 N–H and O–H groups in total. The zero-order valence-corrected chi connectivity index (χ0v) is 8.03. The second-order valence-electron chi connectivity index (χ2n) is 3.47. The van der Waals surface area contributed by atoms with Gasteiger partial charge in [-0.1, -0.05) is 0 Å². The Bertz CT molecular complexity index is 343. The molecule has 0 spiro atoms. The quantitative estimate of drug-likeness (QED) is 0.727. The number of nitrogens with two attached hydrogens (primary N) is 1. The van der Waals surface area contributed by atoms with Crippen LogP contribution in [0.2, 0.25) is 0 Å². The van der Waals surface area contributed by atoms with Gasteiger partial charge in [0.1, 0.15) is 17.7 Å². The molecule has 1 aliphatic heterocycles. The lowest BCUT2D eigenvalue weighted by molar-refractivity contribution is 0.203. The van der Waals surface area contributed by atoms with Crippen LogP contribution in [0.25, 0.3) is 0 Å². The van der Waals surface area contributed by atoms with Crippen molar-refractivity contribution in [3.63, 3.8) is 0 Å². The molecule has 3 nitrogen and oxygen atoms in total. The van der Waals surface area contributed by atoms with Crippen LogP contribution < -0.4 is 15.4 Å². The van der Waals surface area contributed by atoms with Crippen molar-refractivity contribution in [2.45, 2.75) is 6.10 Å². The monoisotopic (exact) mass is 196 g/mol. The summed E-state index contributed by atoms with van der Waals surface area (Å²) in [4.78, 5) is 1.96. The maximum Gasteiger partial charge on any atom is 0.143 e. The van der Waals surface area contributed by atoms with Gasteiger partial charge in [0.05, 0.1) is 12.2 Å². The van der Waals surface area contributed by atoms with Gasteiger partial charge in [-0.2, -0.15) is 0 Å². The molecule has 1 atom stereocenters. The van der Waals surface area contributed by atoms with Gasteiger partial charge in [-0.3, -0.25) is 0 Å². The van der Waals surface area contributed by atoms with Gasteiger partial charge in [-0.05, 0) is 12.1 Å². The fourth-order valence-electron chi connectivity index (χ4n) is 1.63. The van der Waals surface area contributed by atoms with Gasteiger partial charge >= 0.3 is 0 Å². The number of hydrogen-bond donors (Lipinski definition) is 1. The molecule has 0 aromatic heterocycles. The summed E-state index contributed by atoms with van der Waals surface area (Å²) in [5.74, 6) is 0.459. The Morgan fingerprint density at radius 3 is 3.14 bits per heavy atom. The van der Waals surface area contributed by atoms with Crippen LogP contribution in [0.5, 0.6) is 5.75 Å². The first-order valence-corrected chi connectivity index (χ1v) is 4.58. The molecule has 1 aromatic carbocycles. The Labute approximate surface area is 82.3 Å². The predicted octanol–water partition coefficient (Wildman–Crippen LogP) is 0.982. The van der Waals surface area contributed by atoms with Crippen LogP contribution in [0.15, 0.2) is 18.2 Å². The molecule has 0 aliphatic carbocycles. The Balaban J connectivity index is 2.35. The summed E-state index contributed by atoms with van der Waals surface area (Å²) in [5.41, 5.74) is 6.31. The Kier molecular flexibility index (Phi) is 2.29. The average Bonchev–Trinajstić information content (AvgIpc) is 2.19. The number of halogens is 1. The number of hydrogen-bond acceptors (Lipinski definition) is 3. The number of benzene rings is 1. The maximum absolute atomic E-state index is 12.9. The van der Waals surface area contributed by atoms with E-state index >= 15 is 0 Å². The van der Waals surface area contributed by atoms with E-state index in [1.165, 1.54) is 12.1 Å². The minimum absolute atomic E-state index is 0.00189. The number of fused-ring (bicyclic) bond motifs is 1. The average molecular weight is 196 g/mol. The van der Waals surface area contributed by atoms with E-state index in [0.29, 0.717) is 18.8 Å². The van der Waals surface area contributed by atoms with E-state index in [0.717, 1.165) is 5.69 Å². The highest BCUT2D eigenvalue weighted by Crippen LogP contribution is 2.32. The van der Waals surface area contributed by atoms with Gasteiger partial charge in [0.15, 0.2) is 0 Å². The fourth-order valence-corrected chi connectivity index (χ4v) is 1.63. The van der Waals surface area contributed by atoms with Crippen molar-refractivity contribution in [1.29, 1.82) is 0 Å². The largest absolute Gasteiger partial charge is 0.485 e. The molecule has 4 heteroatoms. The number of likely N-dealkylation sites (N-methyl/N-ethyl adjacent to an activating group) is 1. The van der Waals surface area contributed by atoms with Crippen molar-refractivity contribution in [3.8, 4) is 5.75 Å². The summed E-state index contributed by atoms with van der Waals surface area (Å²) >= 11 is 0. The van der Waals surface area contributed by atoms with Gasteiger partial charge in [0.25, 0.3) is 0 Å². The van der Waals surface area contributed by atoms with E-state index in [1.807, 2.05) is 11.9 Å². The molecule has 0 fully saturated rings. The van der Waals surface area contributed by atoms with E-state index in [1.54, 1.807) is 6.07 Å². The van der Waals surface area contributed by atoms with Crippen molar-refractivity contribution in [3.05, 3.63) is 24.0 Å². The van der Waals surface area contributed by atoms with Crippen LogP contribution in [0, 0.1) is 5.82 Å². The zero-order chi connectivity index (χ0) is 10.1. The summed E-state index contributed by atoms with van der Waals surface area (Å²) in [6.07, 6.45) is -0.00189. The number of anilines is 1. The van der Waals surface area contributed by atoms with Crippen molar-refractivity contribution < 1.29 is 9.13 Å². The standard InChI is InChI=1S/C10H13FN2O/c1-13-6-8(5-12)14-10-3-2-7(11)4-9(10)13/h2-4,8H,5-6,12H2,1H3. The summed E-state index contributed by atoms with van der Waals surface area (Å²) in [5, 5.41) is 0.